The molecule has 1 aromatic heterocycles. The van der Waals surface area contributed by atoms with Crippen LogP contribution >= 0.6 is 34.8 Å². The Morgan fingerprint density at radius 1 is 1.04 bits per heavy atom. The molecule has 1 heterocycles. The Bertz CT molecular complexity index is 832. The second kappa shape index (κ2) is 7.60. The number of carbonyl (C=O) groups is 2. The summed E-state index contributed by atoms with van der Waals surface area (Å²) in [6, 6.07) is 7.92. The summed E-state index contributed by atoms with van der Waals surface area (Å²) in [5, 5.41) is 4.76. The van der Waals surface area contributed by atoms with Gasteiger partial charge < -0.3 is 5.32 Å². The topological polar surface area (TPSA) is 71.1 Å². The van der Waals surface area contributed by atoms with Crippen molar-refractivity contribution in [2.75, 3.05) is 5.32 Å². The monoisotopic (exact) mass is 399 g/mol. The average Bonchev–Trinajstić information content (AvgIpc) is 2.50. The van der Waals surface area contributed by atoms with Crippen LogP contribution in [0.4, 0.5) is 10.5 Å². The molecule has 0 saturated carbocycles. The van der Waals surface area contributed by atoms with Gasteiger partial charge in [0, 0.05) is 5.69 Å². The first-order valence-corrected chi connectivity index (χ1v) is 8.46. The van der Waals surface area contributed by atoms with Crippen LogP contribution in [0.25, 0.3) is 0 Å². The molecule has 0 aliphatic carbocycles. The number of carbonyl (C=O) groups excluding carboxylic acids is 2. The molecule has 5 nitrogen and oxygen atoms in total. The fraction of sp³-hybridized carbons (Fsp3) is 0.235. The number of imide groups is 1. The molecule has 2 aromatic rings. The molecule has 25 heavy (non-hydrogen) atoms. The third kappa shape index (κ3) is 4.84. The number of urea groups is 1. The van der Waals surface area contributed by atoms with Crippen LogP contribution in [-0.4, -0.2) is 16.9 Å². The predicted octanol–water partition coefficient (Wildman–Crippen LogP) is 5.30. The summed E-state index contributed by atoms with van der Waals surface area (Å²) in [5.41, 5.74) is 1.32. The lowest BCUT2D eigenvalue weighted by Gasteiger charge is -2.23. The number of hydrogen-bond acceptors (Lipinski definition) is 3. The van der Waals surface area contributed by atoms with Crippen molar-refractivity contribution in [1.29, 1.82) is 0 Å². The highest BCUT2D eigenvalue weighted by Gasteiger charge is 2.20. The maximum Gasteiger partial charge on any atom is 0.326 e. The van der Waals surface area contributed by atoms with Gasteiger partial charge in [-0.2, -0.15) is 0 Å². The number of pyridine rings is 1. The molecule has 0 atom stereocenters. The van der Waals surface area contributed by atoms with Gasteiger partial charge in [-0.15, -0.1) is 0 Å². The van der Waals surface area contributed by atoms with Crippen molar-refractivity contribution in [3.8, 4) is 0 Å². The standard InChI is InChI=1S/C17H16Cl3N3O2/c1-17(2,3)10-6-4-5-7-12(10)21-16(25)23-15(24)9-8-11(18)14(20)22-13(9)19/h4-8H,1-3H3,(H2,21,23,24,25). The first kappa shape index (κ1) is 19.5. The van der Waals surface area contributed by atoms with E-state index >= 15 is 0 Å². The molecular formula is C17H16Cl3N3O2. The molecule has 132 valence electrons. The highest BCUT2D eigenvalue weighted by Crippen LogP contribution is 2.29. The Balaban J connectivity index is 2.17. The number of para-hydroxylation sites is 1. The van der Waals surface area contributed by atoms with Gasteiger partial charge in [0.05, 0.1) is 10.6 Å². The summed E-state index contributed by atoms with van der Waals surface area (Å²) < 4.78 is 0. The zero-order chi connectivity index (χ0) is 18.8. The summed E-state index contributed by atoms with van der Waals surface area (Å²) in [6.07, 6.45) is 0. The zero-order valence-corrected chi connectivity index (χ0v) is 16.1. The van der Waals surface area contributed by atoms with Gasteiger partial charge in [0.15, 0.2) is 0 Å². The van der Waals surface area contributed by atoms with Crippen molar-refractivity contribution in [2.45, 2.75) is 26.2 Å². The molecular weight excluding hydrogens is 385 g/mol. The van der Waals surface area contributed by atoms with Crippen molar-refractivity contribution in [3.63, 3.8) is 0 Å². The number of halogens is 3. The van der Waals surface area contributed by atoms with E-state index in [0.717, 1.165) is 5.56 Å². The third-order valence-corrected chi connectivity index (χ3v) is 4.30. The van der Waals surface area contributed by atoms with Gasteiger partial charge in [-0.3, -0.25) is 10.1 Å². The van der Waals surface area contributed by atoms with Gasteiger partial charge in [0.2, 0.25) is 0 Å². The molecule has 1 aromatic carbocycles. The molecule has 0 bridgehead atoms. The number of anilines is 1. The maximum atomic E-state index is 12.2. The molecule has 0 saturated heterocycles. The molecule has 3 amide bonds. The van der Waals surface area contributed by atoms with Crippen LogP contribution in [-0.2, 0) is 5.41 Å². The van der Waals surface area contributed by atoms with Gasteiger partial charge in [0.25, 0.3) is 5.91 Å². The van der Waals surface area contributed by atoms with Crippen molar-refractivity contribution in [3.05, 3.63) is 56.8 Å². The molecule has 0 unspecified atom stereocenters. The largest absolute Gasteiger partial charge is 0.326 e. The number of aromatic nitrogens is 1. The van der Waals surface area contributed by atoms with Gasteiger partial charge in [-0.1, -0.05) is 73.8 Å². The lowest BCUT2D eigenvalue weighted by molar-refractivity contribution is 0.0967. The minimum absolute atomic E-state index is 0.0215. The van der Waals surface area contributed by atoms with E-state index in [2.05, 4.69) is 15.6 Å². The molecule has 0 fully saturated rings. The van der Waals surface area contributed by atoms with Crippen molar-refractivity contribution >= 4 is 52.4 Å². The second-order valence-electron chi connectivity index (χ2n) is 6.30. The first-order chi connectivity index (χ1) is 11.6. The van der Waals surface area contributed by atoms with Crippen LogP contribution in [0.1, 0.15) is 36.7 Å². The minimum atomic E-state index is -0.734. The van der Waals surface area contributed by atoms with E-state index in [1.54, 1.807) is 12.1 Å². The fourth-order valence-corrected chi connectivity index (χ4v) is 2.73. The van der Waals surface area contributed by atoms with E-state index in [0.29, 0.717) is 5.69 Å². The molecule has 2 rings (SSSR count). The SMILES string of the molecule is CC(C)(C)c1ccccc1NC(=O)NC(=O)c1cc(Cl)c(Cl)nc1Cl. The maximum absolute atomic E-state index is 12.2. The zero-order valence-electron chi connectivity index (χ0n) is 13.8. The predicted molar refractivity (Wildman–Crippen MR) is 101 cm³/mol. The van der Waals surface area contributed by atoms with Gasteiger partial charge in [-0.05, 0) is 23.1 Å². The third-order valence-electron chi connectivity index (χ3n) is 3.34. The van der Waals surface area contributed by atoms with Gasteiger partial charge in [0.1, 0.15) is 10.3 Å². The lowest BCUT2D eigenvalue weighted by Crippen LogP contribution is -2.35. The van der Waals surface area contributed by atoms with Crippen molar-refractivity contribution < 1.29 is 9.59 Å². The minimum Gasteiger partial charge on any atom is -0.307 e. The Hall–Kier alpha value is -1.82. The normalized spacial score (nSPS) is 11.1. The van der Waals surface area contributed by atoms with Crippen LogP contribution < -0.4 is 10.6 Å². The van der Waals surface area contributed by atoms with Crippen LogP contribution in [0.5, 0.6) is 0 Å². The smallest absolute Gasteiger partial charge is 0.307 e. The number of rotatable bonds is 2. The first-order valence-electron chi connectivity index (χ1n) is 7.33. The number of benzene rings is 1. The molecule has 8 heteroatoms. The van der Waals surface area contributed by atoms with E-state index in [4.69, 9.17) is 34.8 Å². The van der Waals surface area contributed by atoms with Gasteiger partial charge in [-0.25, -0.2) is 9.78 Å². The molecule has 0 spiro atoms. The van der Waals surface area contributed by atoms with Crippen molar-refractivity contribution in [1.82, 2.24) is 10.3 Å². The summed E-state index contributed by atoms with van der Waals surface area (Å²) in [6.45, 7) is 6.08. The Kier molecular flexibility index (Phi) is 5.93. The number of hydrogen-bond donors (Lipinski definition) is 2. The quantitative estimate of drug-likeness (QED) is 0.672. The van der Waals surface area contributed by atoms with Gasteiger partial charge >= 0.3 is 6.03 Å². The Morgan fingerprint density at radius 3 is 2.32 bits per heavy atom. The van der Waals surface area contributed by atoms with E-state index in [-0.39, 0.29) is 26.3 Å². The van der Waals surface area contributed by atoms with E-state index in [1.165, 1.54) is 6.07 Å². The molecule has 2 N–H and O–H groups in total. The number of nitrogens with zero attached hydrogens (tertiary/aromatic N) is 1. The summed E-state index contributed by atoms with van der Waals surface area (Å²) >= 11 is 17.4. The fourth-order valence-electron chi connectivity index (χ4n) is 2.18. The number of amides is 3. The summed E-state index contributed by atoms with van der Waals surface area (Å²) in [4.78, 5) is 28.1. The van der Waals surface area contributed by atoms with E-state index < -0.39 is 11.9 Å². The van der Waals surface area contributed by atoms with E-state index in [1.807, 2.05) is 32.9 Å². The molecule has 0 aliphatic rings. The summed E-state index contributed by atoms with van der Waals surface area (Å²) in [7, 11) is 0. The molecule has 0 radical (unpaired) electrons. The second-order valence-corrected chi connectivity index (χ2v) is 7.43. The van der Waals surface area contributed by atoms with Crippen LogP contribution in [0, 0.1) is 0 Å². The van der Waals surface area contributed by atoms with Crippen LogP contribution in [0.15, 0.2) is 30.3 Å². The number of nitrogens with one attached hydrogen (secondary N) is 2. The average molecular weight is 401 g/mol. The Morgan fingerprint density at radius 2 is 1.68 bits per heavy atom. The summed E-state index contributed by atoms with van der Waals surface area (Å²) in [5.74, 6) is -0.734. The van der Waals surface area contributed by atoms with Crippen LogP contribution in [0.3, 0.4) is 0 Å². The van der Waals surface area contributed by atoms with Crippen molar-refractivity contribution in [2.24, 2.45) is 0 Å². The highest BCUT2D eigenvalue weighted by atomic mass is 35.5. The highest BCUT2D eigenvalue weighted by molar-refractivity contribution is 6.42. The molecule has 0 aliphatic heterocycles. The Labute approximate surface area is 160 Å². The lowest BCUT2D eigenvalue weighted by atomic mass is 9.86. The van der Waals surface area contributed by atoms with Crippen LogP contribution in [0.2, 0.25) is 15.3 Å². The van der Waals surface area contributed by atoms with E-state index in [9.17, 15) is 9.59 Å².